The van der Waals surface area contributed by atoms with E-state index in [0.717, 1.165) is 18.4 Å². The topological polar surface area (TPSA) is 18.5 Å². The Bertz CT molecular complexity index is 472. The fourth-order valence-electron chi connectivity index (χ4n) is 7.48. The van der Waals surface area contributed by atoms with Crippen LogP contribution >= 0.6 is 0 Å². The molecule has 1 aliphatic heterocycles. The molecule has 1 spiro atoms. The van der Waals surface area contributed by atoms with Gasteiger partial charge in [0, 0.05) is 17.9 Å². The predicted octanol–water partition coefficient (Wildman–Crippen LogP) is 4.63. The molecule has 21 heavy (non-hydrogen) atoms. The first kappa shape index (κ1) is 14.5. The Morgan fingerprint density at radius 3 is 2.43 bits per heavy atom. The van der Waals surface area contributed by atoms with Crippen LogP contribution in [0.1, 0.15) is 67.2 Å². The average molecular weight is 292 g/mol. The van der Waals surface area contributed by atoms with E-state index in [-0.39, 0.29) is 11.2 Å². The summed E-state index contributed by atoms with van der Waals surface area (Å²) in [6, 6.07) is 0. The quantitative estimate of drug-likeness (QED) is 0.739. The van der Waals surface area contributed by atoms with E-state index in [0.29, 0.717) is 22.9 Å². The Morgan fingerprint density at radius 2 is 1.76 bits per heavy atom. The summed E-state index contributed by atoms with van der Waals surface area (Å²) in [7, 11) is 0. The molecule has 120 valence electrons. The second-order valence-electron chi connectivity index (χ2n) is 9.28. The highest BCUT2D eigenvalue weighted by molar-refractivity contribution is 5.24. The number of ether oxygens (including phenoxy) is 2. The number of rotatable bonds is 2. The van der Waals surface area contributed by atoms with Crippen molar-refractivity contribution in [1.29, 1.82) is 0 Å². The molecule has 0 radical (unpaired) electrons. The van der Waals surface area contributed by atoms with Gasteiger partial charge in [-0.25, -0.2) is 0 Å². The van der Waals surface area contributed by atoms with Crippen LogP contribution < -0.4 is 0 Å². The van der Waals surface area contributed by atoms with E-state index in [1.54, 1.807) is 0 Å². The molecule has 5 fully saturated rings. The maximum Gasteiger partial charge on any atom is 0.169 e. The van der Waals surface area contributed by atoms with Gasteiger partial charge in [-0.3, -0.25) is 0 Å². The summed E-state index contributed by atoms with van der Waals surface area (Å²) in [5.41, 5.74) is 1.15. The molecule has 0 N–H and O–H groups in total. The standard InChI is InChI=1S/C19H32O2/c1-7-20-18(6)14-10-19-11-15(21-18)17(14,5)16(3,4)13(19)9-8-12(19)2/h12-15H,7-11H2,1-6H3. The highest BCUT2D eigenvalue weighted by atomic mass is 16.7. The first-order chi connectivity index (χ1) is 9.72. The molecule has 4 bridgehead atoms. The normalized spacial score (nSPS) is 60.3. The van der Waals surface area contributed by atoms with Crippen LogP contribution in [0.15, 0.2) is 0 Å². The van der Waals surface area contributed by atoms with E-state index in [4.69, 9.17) is 9.47 Å². The molecular weight excluding hydrogens is 260 g/mol. The second-order valence-corrected chi connectivity index (χ2v) is 9.28. The Morgan fingerprint density at radius 1 is 1.05 bits per heavy atom. The van der Waals surface area contributed by atoms with Crippen molar-refractivity contribution in [2.75, 3.05) is 6.61 Å². The zero-order chi connectivity index (χ0) is 15.3. The Balaban J connectivity index is 1.86. The molecule has 0 aromatic heterocycles. The molecule has 1 heterocycles. The molecule has 0 amide bonds. The fourth-order valence-corrected chi connectivity index (χ4v) is 7.48. The number of hydrogen-bond acceptors (Lipinski definition) is 2. The summed E-state index contributed by atoms with van der Waals surface area (Å²) < 4.78 is 12.8. The van der Waals surface area contributed by atoms with Crippen LogP contribution in [0.5, 0.6) is 0 Å². The Kier molecular flexibility index (Phi) is 2.67. The van der Waals surface area contributed by atoms with Gasteiger partial charge in [0.1, 0.15) is 0 Å². The molecule has 0 aromatic rings. The lowest BCUT2D eigenvalue weighted by atomic mass is 9.35. The lowest BCUT2D eigenvalue weighted by Crippen LogP contribution is -2.66. The van der Waals surface area contributed by atoms with E-state index in [9.17, 15) is 0 Å². The van der Waals surface area contributed by atoms with E-state index >= 15 is 0 Å². The molecule has 7 unspecified atom stereocenters. The third-order valence-corrected chi connectivity index (χ3v) is 8.81. The van der Waals surface area contributed by atoms with Crippen LogP contribution in [0, 0.1) is 34.0 Å². The second kappa shape index (κ2) is 3.87. The maximum atomic E-state index is 6.61. The van der Waals surface area contributed by atoms with E-state index < -0.39 is 0 Å². The van der Waals surface area contributed by atoms with Gasteiger partial charge >= 0.3 is 0 Å². The Hall–Kier alpha value is -0.0800. The van der Waals surface area contributed by atoms with Crippen molar-refractivity contribution >= 4 is 0 Å². The van der Waals surface area contributed by atoms with Crippen molar-refractivity contribution in [1.82, 2.24) is 0 Å². The molecule has 4 aliphatic carbocycles. The van der Waals surface area contributed by atoms with Crippen molar-refractivity contribution < 1.29 is 9.47 Å². The van der Waals surface area contributed by atoms with Gasteiger partial charge in [0.2, 0.25) is 0 Å². The largest absolute Gasteiger partial charge is 0.350 e. The molecule has 0 aromatic carbocycles. The molecular formula is C19H32O2. The van der Waals surface area contributed by atoms with Crippen molar-refractivity contribution in [2.24, 2.45) is 34.0 Å². The fraction of sp³-hybridized carbons (Fsp3) is 1.00. The molecule has 4 saturated carbocycles. The van der Waals surface area contributed by atoms with Gasteiger partial charge in [0.15, 0.2) is 5.79 Å². The van der Waals surface area contributed by atoms with E-state index in [1.165, 1.54) is 25.7 Å². The minimum atomic E-state index is -0.359. The summed E-state index contributed by atoms with van der Waals surface area (Å²) in [5.74, 6) is 1.92. The van der Waals surface area contributed by atoms with Crippen molar-refractivity contribution in [2.45, 2.75) is 79.1 Å². The maximum absolute atomic E-state index is 6.61. The summed E-state index contributed by atoms with van der Waals surface area (Å²) in [4.78, 5) is 0. The lowest BCUT2D eigenvalue weighted by molar-refractivity contribution is -0.227. The zero-order valence-corrected chi connectivity index (χ0v) is 14.7. The van der Waals surface area contributed by atoms with Crippen LogP contribution in [0.2, 0.25) is 0 Å². The van der Waals surface area contributed by atoms with Crippen molar-refractivity contribution in [3.63, 3.8) is 0 Å². The highest BCUT2D eigenvalue weighted by Crippen LogP contribution is 2.80. The van der Waals surface area contributed by atoms with Crippen LogP contribution in [-0.2, 0) is 9.47 Å². The van der Waals surface area contributed by atoms with Crippen LogP contribution in [-0.4, -0.2) is 18.5 Å². The molecule has 2 nitrogen and oxygen atoms in total. The molecule has 2 heteroatoms. The number of hydrogen-bond donors (Lipinski definition) is 0. The predicted molar refractivity (Wildman–Crippen MR) is 83.8 cm³/mol. The lowest BCUT2D eigenvalue weighted by Gasteiger charge is -2.68. The van der Waals surface area contributed by atoms with Crippen molar-refractivity contribution in [3.8, 4) is 0 Å². The first-order valence-corrected chi connectivity index (χ1v) is 9.04. The first-order valence-electron chi connectivity index (χ1n) is 9.04. The Labute approximate surface area is 130 Å². The van der Waals surface area contributed by atoms with Gasteiger partial charge in [-0.1, -0.05) is 27.7 Å². The molecule has 5 rings (SSSR count). The van der Waals surface area contributed by atoms with Gasteiger partial charge in [0.25, 0.3) is 0 Å². The summed E-state index contributed by atoms with van der Waals surface area (Å²) >= 11 is 0. The highest BCUT2D eigenvalue weighted by Gasteiger charge is 2.78. The van der Waals surface area contributed by atoms with Gasteiger partial charge in [-0.2, -0.15) is 0 Å². The summed E-state index contributed by atoms with van der Waals surface area (Å²) in [5, 5.41) is 0. The van der Waals surface area contributed by atoms with E-state index in [1.807, 2.05) is 0 Å². The minimum absolute atomic E-state index is 0.271. The van der Waals surface area contributed by atoms with Crippen LogP contribution in [0.25, 0.3) is 0 Å². The van der Waals surface area contributed by atoms with Gasteiger partial charge in [0.05, 0.1) is 6.10 Å². The smallest absolute Gasteiger partial charge is 0.169 e. The molecule has 5 aliphatic rings. The molecule has 1 saturated heterocycles. The van der Waals surface area contributed by atoms with Crippen LogP contribution in [0.4, 0.5) is 0 Å². The minimum Gasteiger partial charge on any atom is -0.350 e. The SMILES string of the molecule is CCOC1(C)OC2CC34CC1C2(C)C(C)(C)C3CCC4C. The van der Waals surface area contributed by atoms with Gasteiger partial charge in [-0.15, -0.1) is 0 Å². The summed E-state index contributed by atoms with van der Waals surface area (Å²) in [6.07, 6.45) is 5.83. The average Bonchev–Trinajstić information content (AvgIpc) is 2.75. The van der Waals surface area contributed by atoms with Gasteiger partial charge < -0.3 is 9.47 Å². The van der Waals surface area contributed by atoms with Crippen LogP contribution in [0.3, 0.4) is 0 Å². The summed E-state index contributed by atoms with van der Waals surface area (Å²) in [6.45, 7) is 15.1. The van der Waals surface area contributed by atoms with E-state index in [2.05, 4.69) is 41.5 Å². The van der Waals surface area contributed by atoms with Gasteiger partial charge in [-0.05, 0) is 62.2 Å². The third-order valence-electron chi connectivity index (χ3n) is 8.81. The zero-order valence-electron chi connectivity index (χ0n) is 14.7. The molecule has 7 atom stereocenters. The third kappa shape index (κ3) is 1.35. The monoisotopic (exact) mass is 292 g/mol. The van der Waals surface area contributed by atoms with Crippen molar-refractivity contribution in [3.05, 3.63) is 0 Å².